The molecule has 23 heavy (non-hydrogen) atoms. The summed E-state index contributed by atoms with van der Waals surface area (Å²) in [4.78, 5) is 10.7. The summed E-state index contributed by atoms with van der Waals surface area (Å²) >= 11 is 0. The maximum Gasteiger partial charge on any atom is 0.330 e. The quantitative estimate of drug-likeness (QED) is 0.172. The van der Waals surface area contributed by atoms with Crippen molar-refractivity contribution in [1.29, 1.82) is 0 Å². The Balaban J connectivity index is 3.04. The summed E-state index contributed by atoms with van der Waals surface area (Å²) in [6, 6.07) is 0. The highest BCUT2D eigenvalue weighted by molar-refractivity contribution is 5.81. The zero-order valence-electron chi connectivity index (χ0n) is 13.9. The molecular weight excluding hydrogens is 304 g/mol. The van der Waals surface area contributed by atoms with Gasteiger partial charge in [-0.2, -0.15) is 0 Å². The van der Waals surface area contributed by atoms with E-state index in [1.165, 1.54) is 0 Å². The second-order valence-electron chi connectivity index (χ2n) is 4.37. The van der Waals surface area contributed by atoms with Gasteiger partial charge in [-0.3, -0.25) is 0 Å². The summed E-state index contributed by atoms with van der Waals surface area (Å²) < 4.78 is 31.0. The number of hydrogen-bond donors (Lipinski definition) is 0. The summed E-state index contributed by atoms with van der Waals surface area (Å²) in [5, 5.41) is 0. The van der Waals surface area contributed by atoms with Crippen LogP contribution in [-0.4, -0.2) is 72.0 Å². The molecule has 0 rings (SSSR count). The molecule has 0 aromatic carbocycles. The van der Waals surface area contributed by atoms with E-state index < -0.39 is 5.97 Å². The Morgan fingerprint density at radius 3 is 1.43 bits per heavy atom. The molecule has 0 bridgehead atoms. The lowest BCUT2D eigenvalue weighted by Crippen LogP contribution is -2.14. The highest BCUT2D eigenvalue weighted by atomic mass is 16.6. The van der Waals surface area contributed by atoms with Gasteiger partial charge in [0.1, 0.15) is 13.2 Å². The van der Waals surface area contributed by atoms with Crippen molar-refractivity contribution < 1.29 is 33.2 Å². The molecule has 0 amide bonds. The Hall–Kier alpha value is -1.41. The van der Waals surface area contributed by atoms with Gasteiger partial charge in [0.2, 0.25) is 0 Å². The lowest BCUT2D eigenvalue weighted by molar-refractivity contribution is -0.139. The topological polar surface area (TPSA) is 72.5 Å². The Kier molecular flexibility index (Phi) is 15.9. The first kappa shape index (κ1) is 21.6. The van der Waals surface area contributed by atoms with E-state index in [0.717, 1.165) is 6.08 Å². The maximum atomic E-state index is 10.7. The van der Waals surface area contributed by atoms with Crippen molar-refractivity contribution in [3.63, 3.8) is 0 Å². The summed E-state index contributed by atoms with van der Waals surface area (Å²) in [6.07, 6.45) is 1.12. The molecule has 0 aliphatic rings. The molecule has 0 atom stereocenters. The van der Waals surface area contributed by atoms with Crippen LogP contribution in [0.15, 0.2) is 25.0 Å². The fourth-order valence-corrected chi connectivity index (χ4v) is 1.30. The smallest absolute Gasteiger partial charge is 0.330 e. The third-order valence-electron chi connectivity index (χ3n) is 2.33. The monoisotopic (exact) mass is 332 g/mol. The fourth-order valence-electron chi connectivity index (χ4n) is 1.30. The normalized spacial score (nSPS) is 10.3. The van der Waals surface area contributed by atoms with Gasteiger partial charge in [0, 0.05) is 6.08 Å². The lowest BCUT2D eigenvalue weighted by atomic mass is 10.6. The second-order valence-corrected chi connectivity index (χ2v) is 4.37. The van der Waals surface area contributed by atoms with Crippen molar-refractivity contribution in [2.75, 3.05) is 66.1 Å². The van der Waals surface area contributed by atoms with Crippen LogP contribution in [0.25, 0.3) is 0 Å². The van der Waals surface area contributed by atoms with Crippen LogP contribution in [0.4, 0.5) is 0 Å². The van der Waals surface area contributed by atoms with Gasteiger partial charge in [-0.05, 0) is 6.92 Å². The first-order chi connectivity index (χ1) is 11.2. The summed E-state index contributed by atoms with van der Waals surface area (Å²) in [6.45, 7) is 13.2. The summed E-state index contributed by atoms with van der Waals surface area (Å²) in [5.74, 6) is 0.234. The van der Waals surface area contributed by atoms with Gasteiger partial charge < -0.3 is 28.4 Å². The van der Waals surface area contributed by atoms with Gasteiger partial charge in [-0.25, -0.2) is 4.79 Å². The van der Waals surface area contributed by atoms with Crippen LogP contribution < -0.4 is 0 Å². The molecule has 0 unspecified atom stereocenters. The Bertz CT molecular complexity index is 318. The van der Waals surface area contributed by atoms with E-state index in [9.17, 15) is 4.79 Å². The van der Waals surface area contributed by atoms with Crippen molar-refractivity contribution in [2.24, 2.45) is 0 Å². The molecule has 0 aliphatic heterocycles. The van der Waals surface area contributed by atoms with Crippen LogP contribution in [0.1, 0.15) is 6.92 Å². The Labute approximate surface area is 138 Å². The minimum atomic E-state index is -0.450. The molecule has 0 aliphatic carbocycles. The van der Waals surface area contributed by atoms with Crippen molar-refractivity contribution in [1.82, 2.24) is 0 Å². The van der Waals surface area contributed by atoms with Crippen LogP contribution in [-0.2, 0) is 33.2 Å². The number of allylic oxidation sites excluding steroid dienone is 1. The SMILES string of the molecule is C=CC(=O)OCCOCCOCCOCCOCCOC(=C)C. The minimum Gasteiger partial charge on any atom is -0.496 e. The molecule has 134 valence electrons. The molecule has 0 heterocycles. The predicted octanol–water partition coefficient (Wildman–Crippen LogP) is 1.33. The Morgan fingerprint density at radius 1 is 0.739 bits per heavy atom. The van der Waals surface area contributed by atoms with E-state index in [-0.39, 0.29) is 6.61 Å². The number of rotatable bonds is 17. The van der Waals surface area contributed by atoms with Gasteiger partial charge >= 0.3 is 5.97 Å². The van der Waals surface area contributed by atoms with E-state index in [0.29, 0.717) is 65.2 Å². The van der Waals surface area contributed by atoms with E-state index in [1.54, 1.807) is 6.92 Å². The molecule has 0 spiro atoms. The molecule has 7 heteroatoms. The van der Waals surface area contributed by atoms with Gasteiger partial charge in [0.15, 0.2) is 0 Å². The van der Waals surface area contributed by atoms with Gasteiger partial charge in [0.05, 0.1) is 58.6 Å². The fraction of sp³-hybridized carbons (Fsp3) is 0.688. The van der Waals surface area contributed by atoms with E-state index in [4.69, 9.17) is 28.4 Å². The van der Waals surface area contributed by atoms with Crippen LogP contribution >= 0.6 is 0 Å². The standard InChI is InChI=1S/C16H28O7/c1-4-16(17)23-14-12-21-10-8-19-6-5-18-7-9-20-11-13-22-15(2)3/h4H,1-2,5-14H2,3H3. The number of hydrogen-bond acceptors (Lipinski definition) is 7. The van der Waals surface area contributed by atoms with Crippen molar-refractivity contribution in [3.05, 3.63) is 25.0 Å². The molecule has 7 nitrogen and oxygen atoms in total. The summed E-state index contributed by atoms with van der Waals surface area (Å²) in [5.41, 5.74) is 0. The highest BCUT2D eigenvalue weighted by Gasteiger charge is 1.96. The van der Waals surface area contributed by atoms with Crippen molar-refractivity contribution in [2.45, 2.75) is 6.92 Å². The van der Waals surface area contributed by atoms with Crippen LogP contribution in [0.3, 0.4) is 0 Å². The van der Waals surface area contributed by atoms with Crippen molar-refractivity contribution in [3.8, 4) is 0 Å². The van der Waals surface area contributed by atoms with Crippen LogP contribution in [0, 0.1) is 0 Å². The van der Waals surface area contributed by atoms with E-state index in [1.807, 2.05) is 0 Å². The molecule has 0 fully saturated rings. The summed E-state index contributed by atoms with van der Waals surface area (Å²) in [7, 11) is 0. The molecule has 0 saturated carbocycles. The number of carbonyl (C=O) groups is 1. The largest absolute Gasteiger partial charge is 0.496 e. The zero-order chi connectivity index (χ0) is 17.2. The zero-order valence-corrected chi connectivity index (χ0v) is 13.9. The van der Waals surface area contributed by atoms with Crippen molar-refractivity contribution >= 4 is 5.97 Å². The third kappa shape index (κ3) is 18.5. The molecule has 0 N–H and O–H groups in total. The number of ether oxygens (including phenoxy) is 6. The first-order valence-corrected chi connectivity index (χ1v) is 7.55. The lowest BCUT2D eigenvalue weighted by Gasteiger charge is -2.08. The Morgan fingerprint density at radius 2 is 1.09 bits per heavy atom. The first-order valence-electron chi connectivity index (χ1n) is 7.55. The predicted molar refractivity (Wildman–Crippen MR) is 85.2 cm³/mol. The molecule has 0 aromatic rings. The molecule has 0 radical (unpaired) electrons. The van der Waals surface area contributed by atoms with Gasteiger partial charge in [-0.1, -0.05) is 13.2 Å². The third-order valence-corrected chi connectivity index (χ3v) is 2.33. The molecular formula is C16H28O7. The van der Waals surface area contributed by atoms with Gasteiger partial charge in [-0.15, -0.1) is 0 Å². The second kappa shape index (κ2) is 17.0. The van der Waals surface area contributed by atoms with E-state index >= 15 is 0 Å². The molecule has 0 aromatic heterocycles. The number of carbonyl (C=O) groups excluding carboxylic acids is 1. The highest BCUT2D eigenvalue weighted by Crippen LogP contribution is 1.89. The van der Waals surface area contributed by atoms with Gasteiger partial charge in [0.25, 0.3) is 0 Å². The van der Waals surface area contributed by atoms with E-state index in [2.05, 4.69) is 13.2 Å². The minimum absolute atomic E-state index is 0.214. The number of esters is 1. The van der Waals surface area contributed by atoms with Crippen LogP contribution in [0.2, 0.25) is 0 Å². The molecule has 0 saturated heterocycles. The average molecular weight is 332 g/mol. The average Bonchev–Trinajstić information content (AvgIpc) is 2.53. The van der Waals surface area contributed by atoms with Crippen LogP contribution in [0.5, 0.6) is 0 Å². The maximum absolute atomic E-state index is 10.7.